The van der Waals surface area contributed by atoms with E-state index in [4.69, 9.17) is 14.2 Å². The van der Waals surface area contributed by atoms with E-state index in [9.17, 15) is 0 Å². The highest BCUT2D eigenvalue weighted by Crippen LogP contribution is 2.37. The first-order valence-corrected chi connectivity index (χ1v) is 15.6. The lowest BCUT2D eigenvalue weighted by Gasteiger charge is -2.14. The molecule has 1 aromatic heterocycles. The van der Waals surface area contributed by atoms with Crippen molar-refractivity contribution < 1.29 is 14.2 Å². The van der Waals surface area contributed by atoms with Gasteiger partial charge in [0.15, 0.2) is 0 Å². The highest BCUT2D eigenvalue weighted by molar-refractivity contribution is 9.09. The van der Waals surface area contributed by atoms with Gasteiger partial charge in [-0.1, -0.05) is 88.7 Å². The van der Waals surface area contributed by atoms with Gasteiger partial charge in [-0.05, 0) is 89.3 Å². The minimum absolute atomic E-state index is 0.535. The number of aryl methyl sites for hydroxylation is 1. The molecule has 0 saturated carbocycles. The van der Waals surface area contributed by atoms with Crippen molar-refractivity contribution in [1.82, 2.24) is 4.57 Å². The highest BCUT2D eigenvalue weighted by atomic mass is 79.9. The highest BCUT2D eigenvalue weighted by Gasteiger charge is 2.17. The normalized spacial score (nSPS) is 11.0. The van der Waals surface area contributed by atoms with E-state index in [0.717, 1.165) is 45.8 Å². The van der Waals surface area contributed by atoms with E-state index in [1.165, 1.54) is 27.7 Å². The molecule has 0 fully saturated rings. The average Bonchev–Trinajstić information content (AvgIpc) is 3.33. The van der Waals surface area contributed by atoms with E-state index in [1.807, 2.05) is 48.5 Å². The summed E-state index contributed by atoms with van der Waals surface area (Å²) in [6.45, 7) is 4.65. The molecule has 4 nitrogen and oxygen atoms in total. The Bertz CT molecular complexity index is 1760. The number of hydrogen-bond donors (Lipinski definition) is 0. The molecule has 0 radical (unpaired) electrons. The Morgan fingerprint density at radius 1 is 0.581 bits per heavy atom. The Morgan fingerprint density at radius 2 is 1.14 bits per heavy atom. The van der Waals surface area contributed by atoms with Crippen molar-refractivity contribution in [2.24, 2.45) is 0 Å². The maximum atomic E-state index is 6.21. The molecule has 0 spiro atoms. The number of aromatic nitrogens is 1. The molecular weight excluding hydrogens is 598 g/mol. The second-order valence-corrected chi connectivity index (χ2v) is 11.3. The van der Waals surface area contributed by atoms with E-state index in [-0.39, 0.29) is 0 Å². The summed E-state index contributed by atoms with van der Waals surface area (Å²) in [5.74, 6) is 2.59. The fraction of sp³-hybridized carbons (Fsp3) is 0.158. The number of benzene rings is 5. The maximum Gasteiger partial charge on any atom is 0.120 e. The summed E-state index contributed by atoms with van der Waals surface area (Å²) in [5, 5.41) is 1.99. The number of ether oxygens (including phenoxy) is 3. The second kappa shape index (κ2) is 13.7. The fourth-order valence-electron chi connectivity index (χ4n) is 5.35. The molecule has 0 bridgehead atoms. The molecule has 216 valence electrons. The summed E-state index contributed by atoms with van der Waals surface area (Å²) in [6.07, 6.45) is 0. The van der Waals surface area contributed by atoms with Crippen molar-refractivity contribution in [2.75, 3.05) is 11.9 Å². The zero-order chi connectivity index (χ0) is 29.4. The molecular formula is C38H34BrNO3. The zero-order valence-electron chi connectivity index (χ0n) is 24.2. The Balaban J connectivity index is 1.31. The van der Waals surface area contributed by atoms with Crippen LogP contribution in [0.5, 0.6) is 17.2 Å². The summed E-state index contributed by atoms with van der Waals surface area (Å²) in [5.41, 5.74) is 8.22. The SMILES string of the molecule is Cc1c(-c2ccc(OCc3ccccc3)cc2)n(Cc2ccc(OCCBr)cc2)c2ccc(OCc3ccccc3)cc12. The van der Waals surface area contributed by atoms with Crippen molar-refractivity contribution in [2.45, 2.75) is 26.7 Å². The third kappa shape index (κ3) is 6.95. The Hall–Kier alpha value is -4.48. The molecule has 43 heavy (non-hydrogen) atoms. The molecule has 0 aliphatic carbocycles. The van der Waals surface area contributed by atoms with Crippen LogP contribution in [0.2, 0.25) is 0 Å². The average molecular weight is 633 g/mol. The minimum Gasteiger partial charge on any atom is -0.493 e. The lowest BCUT2D eigenvalue weighted by molar-refractivity contribution is 0.306. The van der Waals surface area contributed by atoms with Crippen LogP contribution in [0, 0.1) is 6.92 Å². The molecule has 0 atom stereocenters. The van der Waals surface area contributed by atoms with E-state index in [2.05, 4.69) is 106 Å². The third-order valence-corrected chi connectivity index (χ3v) is 7.85. The number of halogens is 1. The monoisotopic (exact) mass is 631 g/mol. The lowest BCUT2D eigenvalue weighted by atomic mass is 10.1. The van der Waals surface area contributed by atoms with Gasteiger partial charge in [0.05, 0.1) is 12.3 Å². The van der Waals surface area contributed by atoms with Gasteiger partial charge < -0.3 is 18.8 Å². The largest absolute Gasteiger partial charge is 0.493 e. The van der Waals surface area contributed by atoms with Crippen LogP contribution in [-0.4, -0.2) is 16.5 Å². The molecule has 0 unspecified atom stereocenters. The second-order valence-electron chi connectivity index (χ2n) is 10.5. The van der Waals surface area contributed by atoms with E-state index in [0.29, 0.717) is 19.8 Å². The molecule has 1 heterocycles. The molecule has 0 N–H and O–H groups in total. The first kappa shape index (κ1) is 28.6. The quantitative estimate of drug-likeness (QED) is 0.126. The number of nitrogens with zero attached hydrogens (tertiary/aromatic N) is 1. The molecule has 0 saturated heterocycles. The van der Waals surface area contributed by atoms with Gasteiger partial charge in [-0.15, -0.1) is 0 Å². The van der Waals surface area contributed by atoms with Gasteiger partial charge in [0.1, 0.15) is 30.5 Å². The van der Waals surface area contributed by atoms with E-state index < -0.39 is 0 Å². The van der Waals surface area contributed by atoms with Crippen LogP contribution < -0.4 is 14.2 Å². The molecule has 6 rings (SSSR count). The first-order valence-electron chi connectivity index (χ1n) is 14.5. The van der Waals surface area contributed by atoms with Crippen LogP contribution in [-0.2, 0) is 19.8 Å². The van der Waals surface area contributed by atoms with Crippen molar-refractivity contribution in [1.29, 1.82) is 0 Å². The lowest BCUT2D eigenvalue weighted by Crippen LogP contribution is -2.03. The van der Waals surface area contributed by atoms with Crippen molar-refractivity contribution in [3.05, 3.63) is 150 Å². The van der Waals surface area contributed by atoms with Crippen molar-refractivity contribution in [3.8, 4) is 28.5 Å². The van der Waals surface area contributed by atoms with Crippen LogP contribution in [0.15, 0.2) is 127 Å². The van der Waals surface area contributed by atoms with Crippen molar-refractivity contribution >= 4 is 26.8 Å². The van der Waals surface area contributed by atoms with Crippen LogP contribution in [0.3, 0.4) is 0 Å². The predicted molar refractivity (Wildman–Crippen MR) is 178 cm³/mol. The number of alkyl halides is 1. The standard InChI is InChI=1S/C38H34BrNO3/c1-28-36-24-35(43-27-31-10-6-3-7-11-31)20-21-37(36)40(25-29-12-16-33(17-13-29)41-23-22-39)38(28)32-14-18-34(19-15-32)42-26-30-8-4-2-5-9-30/h2-21,24H,22-23,25-27H2,1H3. The van der Waals surface area contributed by atoms with Gasteiger partial charge in [-0.3, -0.25) is 0 Å². The van der Waals surface area contributed by atoms with E-state index >= 15 is 0 Å². The number of fused-ring (bicyclic) bond motifs is 1. The zero-order valence-corrected chi connectivity index (χ0v) is 25.8. The van der Waals surface area contributed by atoms with Crippen LogP contribution in [0.4, 0.5) is 0 Å². The molecule has 6 aromatic rings. The molecule has 0 amide bonds. The van der Waals surface area contributed by atoms with Crippen LogP contribution in [0.25, 0.3) is 22.2 Å². The Kier molecular flexibility index (Phi) is 9.10. The van der Waals surface area contributed by atoms with Crippen LogP contribution in [0.1, 0.15) is 22.3 Å². The van der Waals surface area contributed by atoms with Gasteiger partial charge in [-0.25, -0.2) is 0 Å². The van der Waals surface area contributed by atoms with Crippen molar-refractivity contribution in [3.63, 3.8) is 0 Å². The third-order valence-electron chi connectivity index (χ3n) is 7.52. The summed E-state index contributed by atoms with van der Waals surface area (Å²) in [7, 11) is 0. The van der Waals surface area contributed by atoms with Crippen LogP contribution >= 0.6 is 15.9 Å². The van der Waals surface area contributed by atoms with Gasteiger partial charge in [-0.2, -0.15) is 0 Å². The Morgan fingerprint density at radius 3 is 1.77 bits per heavy atom. The summed E-state index contributed by atoms with van der Waals surface area (Å²) >= 11 is 3.43. The van der Waals surface area contributed by atoms with Gasteiger partial charge in [0.2, 0.25) is 0 Å². The van der Waals surface area contributed by atoms with Gasteiger partial charge in [0, 0.05) is 22.8 Å². The van der Waals surface area contributed by atoms with Gasteiger partial charge in [0.25, 0.3) is 0 Å². The molecule has 5 heteroatoms. The number of hydrogen-bond acceptors (Lipinski definition) is 3. The first-order chi connectivity index (χ1) is 21.2. The smallest absolute Gasteiger partial charge is 0.120 e. The summed E-state index contributed by atoms with van der Waals surface area (Å²) in [4.78, 5) is 0. The van der Waals surface area contributed by atoms with Gasteiger partial charge >= 0.3 is 0 Å². The Labute approximate surface area is 261 Å². The summed E-state index contributed by atoms with van der Waals surface area (Å²) in [6, 6.07) is 43.7. The number of rotatable bonds is 12. The van der Waals surface area contributed by atoms with E-state index in [1.54, 1.807) is 0 Å². The predicted octanol–water partition coefficient (Wildman–Crippen LogP) is 9.60. The summed E-state index contributed by atoms with van der Waals surface area (Å²) < 4.78 is 20.5. The topological polar surface area (TPSA) is 32.6 Å². The molecule has 0 aliphatic rings. The molecule has 0 aliphatic heterocycles. The molecule has 5 aromatic carbocycles. The minimum atomic E-state index is 0.535. The maximum absolute atomic E-state index is 6.21. The fourth-order valence-corrected chi connectivity index (χ4v) is 5.51.